The van der Waals surface area contributed by atoms with Crippen LogP contribution in [0.4, 0.5) is 0 Å². The Hall–Kier alpha value is -2.32. The highest BCUT2D eigenvalue weighted by atomic mass is 32.2. The van der Waals surface area contributed by atoms with Crippen molar-refractivity contribution in [3.8, 4) is 0 Å². The minimum atomic E-state index is -1.06. The van der Waals surface area contributed by atoms with Gasteiger partial charge in [0.2, 0.25) is 5.91 Å². The summed E-state index contributed by atoms with van der Waals surface area (Å²) in [4.78, 5) is 50.0. The van der Waals surface area contributed by atoms with Crippen LogP contribution < -0.4 is 0 Å². The van der Waals surface area contributed by atoms with Crippen LogP contribution in [0, 0.1) is 0 Å². The number of amides is 1. The maximum atomic E-state index is 13.0. The van der Waals surface area contributed by atoms with Crippen molar-refractivity contribution >= 4 is 57.1 Å². The largest absolute Gasteiger partial charge is 0.480 e. The third kappa shape index (κ3) is 4.56. The summed E-state index contributed by atoms with van der Waals surface area (Å²) in [7, 11) is 0. The third-order valence-electron chi connectivity index (χ3n) is 4.48. The summed E-state index contributed by atoms with van der Waals surface area (Å²) in [6, 6.07) is 12.0. The summed E-state index contributed by atoms with van der Waals surface area (Å²) in [6.07, 6.45) is -0.208. The summed E-state index contributed by atoms with van der Waals surface area (Å²) in [6.45, 7) is 1.35. The number of hydrogen-bond donors (Lipinski definition) is 1. The van der Waals surface area contributed by atoms with E-state index in [0.29, 0.717) is 11.3 Å². The molecule has 1 aliphatic heterocycles. The Morgan fingerprint density at radius 3 is 2.57 bits per heavy atom. The molecule has 0 radical (unpaired) electrons. The fraction of sp³-hybridized carbons (Fsp3) is 0.300. The Kier molecular flexibility index (Phi) is 6.41. The van der Waals surface area contributed by atoms with Crippen molar-refractivity contribution in [2.24, 2.45) is 0 Å². The lowest BCUT2D eigenvalue weighted by molar-refractivity contribution is -0.147. The molecule has 1 fully saturated rings. The first kappa shape index (κ1) is 20.4. The average Bonchev–Trinajstić information content (AvgIpc) is 3.16. The van der Waals surface area contributed by atoms with Crippen molar-refractivity contribution < 1.29 is 24.3 Å². The monoisotopic (exact) mass is 417 g/mol. The molecule has 2 aromatic carbocycles. The molecule has 2 aromatic rings. The number of hydrogen-bond acceptors (Lipinski definition) is 6. The summed E-state index contributed by atoms with van der Waals surface area (Å²) in [5.74, 6) is -1.19. The van der Waals surface area contributed by atoms with Gasteiger partial charge in [-0.05, 0) is 16.8 Å². The molecule has 0 bridgehead atoms. The number of carboxylic acids is 1. The smallest absolute Gasteiger partial charge is 0.327 e. The molecule has 28 heavy (non-hydrogen) atoms. The van der Waals surface area contributed by atoms with Gasteiger partial charge in [0.05, 0.1) is 11.1 Å². The van der Waals surface area contributed by atoms with Crippen molar-refractivity contribution in [3.63, 3.8) is 0 Å². The second kappa shape index (κ2) is 8.79. The number of fused-ring (bicyclic) bond motifs is 1. The molecule has 1 N–H and O–H groups in total. The molecule has 2 atom stereocenters. The van der Waals surface area contributed by atoms with Gasteiger partial charge in [0.25, 0.3) is 0 Å². The molecule has 1 saturated heterocycles. The molecule has 0 spiro atoms. The van der Waals surface area contributed by atoms with E-state index in [2.05, 4.69) is 0 Å². The maximum absolute atomic E-state index is 13.0. The molecule has 8 heteroatoms. The van der Waals surface area contributed by atoms with E-state index in [0.717, 1.165) is 22.5 Å². The van der Waals surface area contributed by atoms with Gasteiger partial charge in [-0.1, -0.05) is 48.2 Å². The van der Waals surface area contributed by atoms with Crippen LogP contribution in [0.25, 0.3) is 10.8 Å². The zero-order chi connectivity index (χ0) is 20.3. The SMILES string of the molecule is CC(=O)SC(CC(=O)N1CSC[C@H]1C(=O)O)C(=O)c1ccc2ccccc2c1. The van der Waals surface area contributed by atoms with E-state index >= 15 is 0 Å². The first-order valence-corrected chi connectivity index (χ1v) is 10.7. The Morgan fingerprint density at radius 2 is 1.89 bits per heavy atom. The molecule has 1 heterocycles. The number of thioether (sulfide) groups is 2. The molecule has 1 unspecified atom stereocenters. The van der Waals surface area contributed by atoms with Gasteiger partial charge in [-0.15, -0.1) is 11.8 Å². The second-order valence-electron chi connectivity index (χ2n) is 6.45. The standard InChI is InChI=1S/C20H19NO5S2/c1-12(22)28-17(9-18(23)21-11-27-10-16(21)20(25)26)19(24)15-7-6-13-4-2-3-5-14(13)8-15/h2-8,16-17H,9-11H2,1H3,(H,25,26)/t16-,17?/m0/s1. The molecule has 3 rings (SSSR count). The number of Topliss-reactive ketones (excluding diaryl/α,β-unsaturated/α-hetero) is 1. The number of carbonyl (C=O) groups excluding carboxylic acids is 3. The number of nitrogens with zero attached hydrogens (tertiary/aromatic N) is 1. The fourth-order valence-electron chi connectivity index (χ4n) is 3.09. The highest BCUT2D eigenvalue weighted by molar-refractivity contribution is 8.14. The van der Waals surface area contributed by atoms with Crippen molar-refractivity contribution in [2.75, 3.05) is 11.6 Å². The molecule has 0 aromatic heterocycles. The lowest BCUT2D eigenvalue weighted by Gasteiger charge is -2.22. The van der Waals surface area contributed by atoms with E-state index in [1.807, 2.05) is 30.3 Å². The zero-order valence-electron chi connectivity index (χ0n) is 15.2. The van der Waals surface area contributed by atoms with E-state index in [1.165, 1.54) is 23.6 Å². The van der Waals surface area contributed by atoms with E-state index in [-0.39, 0.29) is 23.2 Å². The quantitative estimate of drug-likeness (QED) is 0.722. The van der Waals surface area contributed by atoms with E-state index in [4.69, 9.17) is 0 Å². The van der Waals surface area contributed by atoms with Crippen LogP contribution in [-0.2, 0) is 14.4 Å². The number of carbonyl (C=O) groups is 4. The van der Waals surface area contributed by atoms with Gasteiger partial charge in [0.1, 0.15) is 6.04 Å². The minimum Gasteiger partial charge on any atom is -0.480 e. The van der Waals surface area contributed by atoms with Gasteiger partial charge < -0.3 is 10.0 Å². The van der Waals surface area contributed by atoms with Crippen molar-refractivity contribution in [2.45, 2.75) is 24.6 Å². The summed E-state index contributed by atoms with van der Waals surface area (Å²) >= 11 is 2.17. The van der Waals surface area contributed by atoms with Crippen LogP contribution in [0.3, 0.4) is 0 Å². The number of carboxylic acid groups (broad SMARTS) is 1. The lowest BCUT2D eigenvalue weighted by atomic mass is 10.0. The first-order chi connectivity index (χ1) is 13.4. The van der Waals surface area contributed by atoms with Crippen LogP contribution in [0.15, 0.2) is 42.5 Å². The zero-order valence-corrected chi connectivity index (χ0v) is 16.8. The Bertz CT molecular complexity index is 945. The van der Waals surface area contributed by atoms with Gasteiger partial charge in [-0.25, -0.2) is 4.79 Å². The number of aliphatic carboxylic acids is 1. The maximum Gasteiger partial charge on any atom is 0.327 e. The summed E-state index contributed by atoms with van der Waals surface area (Å²) in [5.41, 5.74) is 0.427. The van der Waals surface area contributed by atoms with Gasteiger partial charge >= 0.3 is 5.97 Å². The highest BCUT2D eigenvalue weighted by Gasteiger charge is 2.36. The third-order valence-corrected chi connectivity index (χ3v) is 6.49. The van der Waals surface area contributed by atoms with Gasteiger partial charge in [0, 0.05) is 24.7 Å². The first-order valence-electron chi connectivity index (χ1n) is 8.67. The normalized spacial score (nSPS) is 17.5. The summed E-state index contributed by atoms with van der Waals surface area (Å²) in [5, 5.41) is 10.0. The molecule has 6 nitrogen and oxygen atoms in total. The molecular formula is C20H19NO5S2. The molecule has 0 saturated carbocycles. The Labute approximate surface area is 170 Å². The Morgan fingerprint density at radius 1 is 1.18 bits per heavy atom. The topological polar surface area (TPSA) is 91.8 Å². The second-order valence-corrected chi connectivity index (χ2v) is 8.83. The highest BCUT2D eigenvalue weighted by Crippen LogP contribution is 2.27. The van der Waals surface area contributed by atoms with Gasteiger partial charge in [-0.2, -0.15) is 0 Å². The number of rotatable bonds is 6. The van der Waals surface area contributed by atoms with Crippen LogP contribution in [0.1, 0.15) is 23.7 Å². The predicted molar refractivity (Wildman–Crippen MR) is 111 cm³/mol. The number of ketones is 1. The van der Waals surface area contributed by atoms with Crippen LogP contribution in [0.5, 0.6) is 0 Å². The molecule has 1 aliphatic rings. The van der Waals surface area contributed by atoms with E-state index in [1.54, 1.807) is 12.1 Å². The van der Waals surface area contributed by atoms with Crippen molar-refractivity contribution in [3.05, 3.63) is 48.0 Å². The van der Waals surface area contributed by atoms with E-state index in [9.17, 15) is 24.3 Å². The molecule has 0 aliphatic carbocycles. The molecular weight excluding hydrogens is 398 g/mol. The van der Waals surface area contributed by atoms with Crippen LogP contribution >= 0.6 is 23.5 Å². The molecule has 146 valence electrons. The number of benzene rings is 2. The average molecular weight is 418 g/mol. The van der Waals surface area contributed by atoms with Crippen molar-refractivity contribution in [1.29, 1.82) is 0 Å². The Balaban J connectivity index is 1.82. The summed E-state index contributed by atoms with van der Waals surface area (Å²) < 4.78 is 0. The predicted octanol–water partition coefficient (Wildman–Crippen LogP) is 3.05. The van der Waals surface area contributed by atoms with Gasteiger partial charge in [0.15, 0.2) is 10.9 Å². The van der Waals surface area contributed by atoms with Crippen LogP contribution in [0.2, 0.25) is 0 Å². The fourth-order valence-corrected chi connectivity index (χ4v) is 5.13. The van der Waals surface area contributed by atoms with Gasteiger partial charge in [-0.3, -0.25) is 14.4 Å². The van der Waals surface area contributed by atoms with E-state index < -0.39 is 23.2 Å². The minimum absolute atomic E-state index is 0.208. The van der Waals surface area contributed by atoms with Crippen LogP contribution in [-0.4, -0.2) is 55.7 Å². The van der Waals surface area contributed by atoms with Crippen molar-refractivity contribution in [1.82, 2.24) is 4.90 Å². The molecule has 1 amide bonds. The lowest BCUT2D eigenvalue weighted by Crippen LogP contribution is -2.43.